The monoisotopic (exact) mass is 301 g/mol. The zero-order valence-corrected chi connectivity index (χ0v) is 12.5. The van der Waals surface area contributed by atoms with Gasteiger partial charge in [0.05, 0.1) is 12.1 Å². The molecule has 4 nitrogen and oxygen atoms in total. The molecule has 0 aliphatic carbocycles. The molecule has 5 heteroatoms. The van der Waals surface area contributed by atoms with Crippen LogP contribution in [0.3, 0.4) is 0 Å². The second-order valence-corrected chi connectivity index (χ2v) is 5.52. The number of hydrogen-bond donors (Lipinski definition) is 1. The lowest BCUT2D eigenvalue weighted by Crippen LogP contribution is -2.15. The van der Waals surface area contributed by atoms with Gasteiger partial charge in [-0.25, -0.2) is 4.98 Å². The molecule has 1 aliphatic rings. The number of halogens is 1. The van der Waals surface area contributed by atoms with E-state index in [2.05, 4.69) is 21.7 Å². The van der Waals surface area contributed by atoms with Crippen LogP contribution in [0.2, 0.25) is 5.15 Å². The number of pyridine rings is 1. The third-order valence-electron chi connectivity index (χ3n) is 3.84. The summed E-state index contributed by atoms with van der Waals surface area (Å²) in [6.07, 6.45) is 7.05. The number of aromatic nitrogens is 2. The lowest BCUT2D eigenvalue weighted by Gasteiger charge is -2.15. The van der Waals surface area contributed by atoms with Crippen molar-refractivity contribution in [1.29, 1.82) is 0 Å². The third kappa shape index (κ3) is 2.36. The van der Waals surface area contributed by atoms with E-state index in [1.165, 1.54) is 0 Å². The second-order valence-electron chi connectivity index (χ2n) is 5.16. The van der Waals surface area contributed by atoms with E-state index in [-0.39, 0.29) is 12.3 Å². The summed E-state index contributed by atoms with van der Waals surface area (Å²) >= 11 is 6.25. The molecule has 0 bridgehead atoms. The second kappa shape index (κ2) is 5.37. The fourth-order valence-corrected chi connectivity index (χ4v) is 3.16. The molecule has 1 amide bonds. The van der Waals surface area contributed by atoms with E-state index < -0.39 is 0 Å². The van der Waals surface area contributed by atoms with Gasteiger partial charge in [0, 0.05) is 24.0 Å². The first kappa shape index (κ1) is 13.9. The molecule has 21 heavy (non-hydrogen) atoms. The highest BCUT2D eigenvalue weighted by atomic mass is 35.5. The molecule has 3 rings (SSSR count). The molecule has 0 saturated heterocycles. The van der Waals surface area contributed by atoms with E-state index in [0.29, 0.717) is 5.15 Å². The van der Waals surface area contributed by atoms with Crippen LogP contribution in [-0.2, 0) is 17.8 Å². The van der Waals surface area contributed by atoms with Gasteiger partial charge in [-0.3, -0.25) is 4.79 Å². The Balaban J connectivity index is 2.26. The number of primary amides is 1. The third-order valence-corrected chi connectivity index (χ3v) is 4.14. The SMILES string of the molecule is Cc1c(CC(N)=O)c2n(c1-c1cccnc1Cl)CCC=C2. The first-order chi connectivity index (χ1) is 10.1. The Labute approximate surface area is 128 Å². The van der Waals surface area contributed by atoms with Crippen molar-refractivity contribution >= 4 is 23.6 Å². The predicted octanol–water partition coefficient (Wildman–Crippen LogP) is 2.96. The number of rotatable bonds is 3. The average Bonchev–Trinajstić information content (AvgIpc) is 2.73. The Morgan fingerprint density at radius 1 is 1.52 bits per heavy atom. The van der Waals surface area contributed by atoms with Crippen molar-refractivity contribution < 1.29 is 4.79 Å². The van der Waals surface area contributed by atoms with Crippen LogP contribution in [0.15, 0.2) is 24.4 Å². The van der Waals surface area contributed by atoms with E-state index in [0.717, 1.165) is 41.0 Å². The summed E-state index contributed by atoms with van der Waals surface area (Å²) in [7, 11) is 0. The fourth-order valence-electron chi connectivity index (χ4n) is 2.95. The molecule has 0 atom stereocenters. The molecule has 2 N–H and O–H groups in total. The smallest absolute Gasteiger partial charge is 0.221 e. The highest BCUT2D eigenvalue weighted by Crippen LogP contribution is 2.36. The molecule has 0 saturated carbocycles. The van der Waals surface area contributed by atoms with E-state index in [9.17, 15) is 4.79 Å². The van der Waals surface area contributed by atoms with Crippen LogP contribution in [0.4, 0.5) is 0 Å². The average molecular weight is 302 g/mol. The fraction of sp³-hybridized carbons (Fsp3) is 0.250. The quantitative estimate of drug-likeness (QED) is 0.886. The van der Waals surface area contributed by atoms with Gasteiger partial charge in [-0.1, -0.05) is 17.7 Å². The first-order valence-corrected chi connectivity index (χ1v) is 7.25. The van der Waals surface area contributed by atoms with Crippen molar-refractivity contribution in [1.82, 2.24) is 9.55 Å². The van der Waals surface area contributed by atoms with Crippen LogP contribution < -0.4 is 5.73 Å². The Morgan fingerprint density at radius 3 is 3.05 bits per heavy atom. The minimum atomic E-state index is -0.325. The van der Waals surface area contributed by atoms with Crippen LogP contribution in [-0.4, -0.2) is 15.5 Å². The molecular weight excluding hydrogens is 286 g/mol. The Morgan fingerprint density at radius 2 is 2.33 bits per heavy atom. The van der Waals surface area contributed by atoms with Gasteiger partial charge in [-0.2, -0.15) is 0 Å². The van der Waals surface area contributed by atoms with Gasteiger partial charge in [-0.15, -0.1) is 0 Å². The molecule has 2 aromatic rings. The maximum absolute atomic E-state index is 11.4. The van der Waals surface area contributed by atoms with Gasteiger partial charge in [0.15, 0.2) is 0 Å². The summed E-state index contributed by atoms with van der Waals surface area (Å²) in [5.41, 5.74) is 10.4. The maximum Gasteiger partial charge on any atom is 0.221 e. The van der Waals surface area contributed by atoms with E-state index >= 15 is 0 Å². The molecule has 0 aromatic carbocycles. The predicted molar refractivity (Wildman–Crippen MR) is 84.0 cm³/mol. The van der Waals surface area contributed by atoms with Gasteiger partial charge in [0.25, 0.3) is 0 Å². The van der Waals surface area contributed by atoms with Gasteiger partial charge in [0.1, 0.15) is 5.15 Å². The highest BCUT2D eigenvalue weighted by Gasteiger charge is 2.23. The number of carbonyl (C=O) groups is 1. The topological polar surface area (TPSA) is 60.9 Å². The van der Waals surface area contributed by atoms with Crippen molar-refractivity contribution in [3.05, 3.63) is 46.4 Å². The summed E-state index contributed by atoms with van der Waals surface area (Å²) in [6.45, 7) is 2.88. The molecule has 0 spiro atoms. The summed E-state index contributed by atoms with van der Waals surface area (Å²) in [5.74, 6) is -0.325. The molecular formula is C16H16ClN3O. The number of fused-ring (bicyclic) bond motifs is 1. The molecule has 0 radical (unpaired) electrons. The number of hydrogen-bond acceptors (Lipinski definition) is 2. The van der Waals surface area contributed by atoms with Crippen molar-refractivity contribution in [3.63, 3.8) is 0 Å². The Hall–Kier alpha value is -2.07. The summed E-state index contributed by atoms with van der Waals surface area (Å²) in [5, 5.41) is 0.473. The normalized spacial score (nSPS) is 13.2. The Bertz CT molecular complexity index is 746. The summed E-state index contributed by atoms with van der Waals surface area (Å²) < 4.78 is 2.20. The lowest BCUT2D eigenvalue weighted by molar-refractivity contribution is -0.117. The van der Waals surface area contributed by atoms with Gasteiger partial charge in [-0.05, 0) is 42.7 Å². The van der Waals surface area contributed by atoms with Crippen LogP contribution in [0.5, 0.6) is 0 Å². The van der Waals surface area contributed by atoms with Crippen LogP contribution in [0.25, 0.3) is 17.3 Å². The number of carbonyl (C=O) groups excluding carboxylic acids is 1. The van der Waals surface area contributed by atoms with Crippen LogP contribution >= 0.6 is 11.6 Å². The minimum absolute atomic E-state index is 0.239. The molecule has 2 aromatic heterocycles. The Kier molecular flexibility index (Phi) is 3.55. The molecule has 3 heterocycles. The number of amides is 1. The summed E-state index contributed by atoms with van der Waals surface area (Å²) in [4.78, 5) is 15.5. The van der Waals surface area contributed by atoms with Gasteiger partial charge < -0.3 is 10.3 Å². The largest absolute Gasteiger partial charge is 0.369 e. The molecule has 108 valence electrons. The zero-order chi connectivity index (χ0) is 15.0. The minimum Gasteiger partial charge on any atom is -0.369 e. The van der Waals surface area contributed by atoms with Crippen molar-refractivity contribution in [2.45, 2.75) is 26.3 Å². The summed E-state index contributed by atoms with van der Waals surface area (Å²) in [6, 6.07) is 3.82. The van der Waals surface area contributed by atoms with Gasteiger partial charge in [0.2, 0.25) is 5.91 Å². The molecule has 1 aliphatic heterocycles. The zero-order valence-electron chi connectivity index (χ0n) is 11.8. The van der Waals surface area contributed by atoms with Crippen molar-refractivity contribution in [2.75, 3.05) is 0 Å². The van der Waals surface area contributed by atoms with E-state index in [1.54, 1.807) is 6.20 Å². The van der Waals surface area contributed by atoms with E-state index in [4.69, 9.17) is 17.3 Å². The standard InChI is InChI=1S/C16H16ClN3O/c1-10-12(9-14(18)21)13-6-2-3-8-20(13)15(10)11-5-4-7-19-16(11)17/h2,4-7H,3,8-9H2,1H3,(H2,18,21). The molecule has 0 unspecified atom stereocenters. The van der Waals surface area contributed by atoms with Crippen molar-refractivity contribution in [2.24, 2.45) is 5.73 Å². The van der Waals surface area contributed by atoms with E-state index in [1.807, 2.05) is 19.1 Å². The lowest BCUT2D eigenvalue weighted by atomic mass is 10.0. The number of allylic oxidation sites excluding steroid dienone is 1. The number of nitrogens with two attached hydrogens (primary N) is 1. The number of nitrogens with zero attached hydrogens (tertiary/aromatic N) is 2. The first-order valence-electron chi connectivity index (χ1n) is 6.87. The van der Waals surface area contributed by atoms with Crippen molar-refractivity contribution in [3.8, 4) is 11.3 Å². The van der Waals surface area contributed by atoms with Crippen LogP contribution in [0, 0.1) is 6.92 Å². The van der Waals surface area contributed by atoms with Gasteiger partial charge >= 0.3 is 0 Å². The highest BCUT2D eigenvalue weighted by molar-refractivity contribution is 6.32. The molecule has 0 fully saturated rings. The maximum atomic E-state index is 11.4. The van der Waals surface area contributed by atoms with Crippen LogP contribution in [0.1, 0.15) is 23.2 Å².